The van der Waals surface area contributed by atoms with Crippen molar-refractivity contribution in [3.8, 4) is 5.88 Å². The number of aromatic nitrogens is 3. The van der Waals surface area contributed by atoms with E-state index in [1.54, 1.807) is 30.5 Å². The van der Waals surface area contributed by atoms with Crippen LogP contribution in [0.2, 0.25) is 0 Å². The van der Waals surface area contributed by atoms with Crippen molar-refractivity contribution in [3.05, 3.63) is 65.0 Å². The topological polar surface area (TPSA) is 76.0 Å². The number of fused-ring (bicyclic) bond motifs is 1. The first-order valence-corrected chi connectivity index (χ1v) is 19.1. The number of pyridine rings is 1. The summed E-state index contributed by atoms with van der Waals surface area (Å²) in [6, 6.07) is 6.92. The van der Waals surface area contributed by atoms with E-state index >= 15 is 0 Å². The molecule has 52 heavy (non-hydrogen) atoms. The van der Waals surface area contributed by atoms with E-state index < -0.39 is 11.7 Å². The van der Waals surface area contributed by atoms with Gasteiger partial charge in [0, 0.05) is 30.9 Å². The Kier molecular flexibility index (Phi) is 13.4. The molecule has 1 fully saturated rings. The number of halogens is 3. The molecular formula is C40H57F3N6O3. The molecule has 5 rings (SSSR count). The summed E-state index contributed by atoms with van der Waals surface area (Å²) in [6.07, 6.45) is 12.4. The van der Waals surface area contributed by atoms with Crippen LogP contribution in [-0.4, -0.2) is 58.7 Å². The van der Waals surface area contributed by atoms with E-state index in [1.807, 2.05) is 13.0 Å². The average molecular weight is 727 g/mol. The van der Waals surface area contributed by atoms with E-state index in [9.17, 15) is 18.0 Å². The molecule has 1 aromatic carbocycles. The molecule has 2 amide bonds. The SMILES string of the molecule is COc1nccc(C)c1N1CCC(N2Cc3cn(OCCCCCCCCCCCC(C)(C)C)nc3N(Cc3ccccc3C(F)(F)F)C2=O)CC1. The van der Waals surface area contributed by atoms with Gasteiger partial charge in [0.2, 0.25) is 5.88 Å². The van der Waals surface area contributed by atoms with Crippen LogP contribution in [0, 0.1) is 12.3 Å². The zero-order chi connectivity index (χ0) is 37.3. The second-order valence-corrected chi connectivity index (χ2v) is 15.6. The van der Waals surface area contributed by atoms with Gasteiger partial charge >= 0.3 is 12.2 Å². The molecule has 0 saturated carbocycles. The number of benzene rings is 1. The fourth-order valence-corrected chi connectivity index (χ4v) is 7.43. The fourth-order valence-electron chi connectivity index (χ4n) is 7.43. The predicted octanol–water partition coefficient (Wildman–Crippen LogP) is 9.60. The van der Waals surface area contributed by atoms with E-state index in [-0.39, 0.29) is 24.2 Å². The van der Waals surface area contributed by atoms with E-state index in [0.29, 0.717) is 56.2 Å². The number of aryl methyl sites for hydroxylation is 1. The highest BCUT2D eigenvalue weighted by Gasteiger charge is 2.40. The zero-order valence-electron chi connectivity index (χ0n) is 31.7. The van der Waals surface area contributed by atoms with Crippen molar-refractivity contribution in [2.24, 2.45) is 5.41 Å². The standard InChI is InChI=1S/C40H57F3N6O3/c1-30-19-23-44-37(51-5)35(30)46-24-20-33(21-25-46)47-28-32-29-49(52-26-16-12-10-8-6-7-9-11-15-22-39(2,3)4)45-36(32)48(38(47)50)27-31-17-13-14-18-34(31)40(41,42)43/h13-14,17-19,23,29,33H,6-12,15-16,20-22,24-28H2,1-5H3. The van der Waals surface area contributed by atoms with Gasteiger partial charge in [0.05, 0.1) is 32.0 Å². The van der Waals surface area contributed by atoms with Gasteiger partial charge in [-0.25, -0.2) is 9.78 Å². The third-order valence-corrected chi connectivity index (χ3v) is 10.3. The number of methoxy groups -OCH3 is 1. The van der Waals surface area contributed by atoms with Crippen LogP contribution in [0.25, 0.3) is 0 Å². The molecule has 0 spiro atoms. The molecule has 9 nitrogen and oxygen atoms in total. The van der Waals surface area contributed by atoms with Crippen molar-refractivity contribution in [2.75, 3.05) is 36.6 Å². The number of amides is 2. The number of carbonyl (C=O) groups excluding carboxylic acids is 1. The van der Waals surface area contributed by atoms with Crippen LogP contribution in [0.4, 0.5) is 29.5 Å². The Bertz CT molecular complexity index is 1600. The third kappa shape index (κ3) is 10.3. The second-order valence-electron chi connectivity index (χ2n) is 15.6. The fraction of sp³-hybridized carbons (Fsp3) is 0.625. The van der Waals surface area contributed by atoms with Crippen molar-refractivity contribution >= 4 is 17.5 Å². The van der Waals surface area contributed by atoms with Gasteiger partial charge in [0.25, 0.3) is 0 Å². The minimum atomic E-state index is -4.55. The molecule has 286 valence electrons. The molecular weight excluding hydrogens is 669 g/mol. The zero-order valence-corrected chi connectivity index (χ0v) is 31.7. The number of unbranched alkanes of at least 4 members (excludes halogenated alkanes) is 8. The summed E-state index contributed by atoms with van der Waals surface area (Å²) in [6.45, 7) is 10.8. The Balaban J connectivity index is 1.20. The highest BCUT2D eigenvalue weighted by Crippen LogP contribution is 2.37. The quantitative estimate of drug-likeness (QED) is 0.129. The molecule has 12 heteroatoms. The van der Waals surface area contributed by atoms with Crippen LogP contribution in [0.5, 0.6) is 5.88 Å². The van der Waals surface area contributed by atoms with Crippen molar-refractivity contribution in [3.63, 3.8) is 0 Å². The number of alkyl halides is 3. The van der Waals surface area contributed by atoms with Crippen LogP contribution >= 0.6 is 0 Å². The molecule has 1 saturated heterocycles. The van der Waals surface area contributed by atoms with Gasteiger partial charge in [-0.3, -0.25) is 4.90 Å². The molecule has 2 aromatic heterocycles. The lowest BCUT2D eigenvalue weighted by molar-refractivity contribution is -0.138. The molecule has 0 radical (unpaired) electrons. The highest BCUT2D eigenvalue weighted by molar-refractivity contribution is 5.94. The lowest BCUT2D eigenvalue weighted by Crippen LogP contribution is -2.54. The minimum absolute atomic E-state index is 0.0190. The summed E-state index contributed by atoms with van der Waals surface area (Å²) < 4.78 is 47.6. The number of piperidine rings is 1. The lowest BCUT2D eigenvalue weighted by Gasteiger charge is -2.43. The molecule has 2 aliphatic heterocycles. The van der Waals surface area contributed by atoms with Crippen LogP contribution in [0.1, 0.15) is 120 Å². The van der Waals surface area contributed by atoms with E-state index in [1.165, 1.54) is 66.8 Å². The first-order chi connectivity index (χ1) is 24.9. The van der Waals surface area contributed by atoms with Crippen molar-refractivity contribution in [2.45, 2.75) is 130 Å². The largest absolute Gasteiger partial charge is 0.480 e. The molecule has 3 aromatic rings. The molecule has 0 bridgehead atoms. The Morgan fingerprint density at radius 3 is 2.21 bits per heavy atom. The number of carbonyl (C=O) groups is 1. The number of anilines is 2. The first kappa shape index (κ1) is 39.3. The number of hydrogen-bond acceptors (Lipinski definition) is 6. The van der Waals surface area contributed by atoms with Gasteiger partial charge in [0.1, 0.15) is 12.3 Å². The lowest BCUT2D eigenvalue weighted by atomic mass is 9.89. The first-order valence-electron chi connectivity index (χ1n) is 19.1. The number of urea groups is 1. The summed E-state index contributed by atoms with van der Waals surface area (Å²) in [5.74, 6) is 0.908. The Hall–Kier alpha value is -3.96. The second kappa shape index (κ2) is 17.7. The predicted molar refractivity (Wildman–Crippen MR) is 199 cm³/mol. The van der Waals surface area contributed by atoms with Gasteiger partial charge in [0.15, 0.2) is 5.82 Å². The van der Waals surface area contributed by atoms with Gasteiger partial charge in [-0.1, -0.05) is 83.9 Å². The number of hydrogen-bond donors (Lipinski definition) is 0. The van der Waals surface area contributed by atoms with E-state index in [2.05, 4.69) is 35.8 Å². The molecule has 0 unspecified atom stereocenters. The maximum Gasteiger partial charge on any atom is 0.416 e. The van der Waals surface area contributed by atoms with Crippen LogP contribution in [0.3, 0.4) is 0 Å². The van der Waals surface area contributed by atoms with Crippen LogP contribution in [-0.2, 0) is 19.3 Å². The number of nitrogens with zero attached hydrogens (tertiary/aromatic N) is 6. The van der Waals surface area contributed by atoms with Crippen LogP contribution in [0.15, 0.2) is 42.7 Å². The summed E-state index contributed by atoms with van der Waals surface area (Å²) >= 11 is 0. The molecule has 0 aliphatic carbocycles. The summed E-state index contributed by atoms with van der Waals surface area (Å²) in [7, 11) is 1.61. The van der Waals surface area contributed by atoms with Crippen molar-refractivity contribution < 1.29 is 27.5 Å². The van der Waals surface area contributed by atoms with E-state index in [0.717, 1.165) is 42.1 Å². The Morgan fingerprint density at radius 2 is 1.56 bits per heavy atom. The van der Waals surface area contributed by atoms with Crippen LogP contribution < -0.4 is 19.4 Å². The molecule has 2 aliphatic rings. The molecule has 0 atom stereocenters. The summed E-state index contributed by atoms with van der Waals surface area (Å²) in [5, 5.41) is 4.59. The highest BCUT2D eigenvalue weighted by atomic mass is 19.4. The maximum atomic E-state index is 14.2. The van der Waals surface area contributed by atoms with Gasteiger partial charge in [-0.2, -0.15) is 13.2 Å². The number of rotatable bonds is 17. The van der Waals surface area contributed by atoms with Gasteiger partial charge in [-0.15, -0.1) is 9.94 Å². The van der Waals surface area contributed by atoms with Crippen molar-refractivity contribution in [1.29, 1.82) is 0 Å². The third-order valence-electron chi connectivity index (χ3n) is 10.3. The van der Waals surface area contributed by atoms with E-state index in [4.69, 9.17) is 9.57 Å². The van der Waals surface area contributed by atoms with Gasteiger partial charge < -0.3 is 19.4 Å². The normalized spacial score (nSPS) is 15.7. The monoisotopic (exact) mass is 726 g/mol. The summed E-state index contributed by atoms with van der Waals surface area (Å²) in [5.41, 5.74) is 2.44. The minimum Gasteiger partial charge on any atom is -0.480 e. The Morgan fingerprint density at radius 1 is 0.904 bits per heavy atom. The number of ether oxygens (including phenoxy) is 1. The van der Waals surface area contributed by atoms with Gasteiger partial charge in [-0.05, 0) is 67.7 Å². The maximum absolute atomic E-state index is 14.2. The molecule has 0 N–H and O–H groups in total. The smallest absolute Gasteiger partial charge is 0.416 e. The van der Waals surface area contributed by atoms with Crippen molar-refractivity contribution in [1.82, 2.24) is 19.8 Å². The summed E-state index contributed by atoms with van der Waals surface area (Å²) in [4.78, 5) is 31.4. The molecule has 4 heterocycles. The average Bonchev–Trinajstić information content (AvgIpc) is 3.52. The Labute approximate surface area is 307 Å².